The summed E-state index contributed by atoms with van der Waals surface area (Å²) in [5, 5.41) is 0. The molecule has 1 aromatic rings. The summed E-state index contributed by atoms with van der Waals surface area (Å²) in [7, 11) is 0. The van der Waals surface area contributed by atoms with Gasteiger partial charge >= 0.3 is 11.7 Å². The number of hydrogen-bond acceptors (Lipinski definition) is 6. The van der Waals surface area contributed by atoms with Gasteiger partial charge in [-0.25, -0.2) is 10.6 Å². The maximum absolute atomic E-state index is 11.5. The second-order valence-corrected chi connectivity index (χ2v) is 3.32. The maximum Gasteiger partial charge on any atom is 0.347 e. The minimum Gasteiger partial charge on any atom is -0.356 e. The highest BCUT2D eigenvalue weighted by atomic mass is 16.7. The van der Waals surface area contributed by atoms with Crippen LogP contribution in [0.5, 0.6) is 0 Å². The SMILES string of the molecule is Cc1cc(C)n(CCC(=O)ONN)c(=O)n1. The highest BCUT2D eigenvalue weighted by molar-refractivity contribution is 5.68. The number of rotatable bonds is 4. The zero-order valence-electron chi connectivity index (χ0n) is 9.19. The molecule has 16 heavy (non-hydrogen) atoms. The first-order valence-corrected chi connectivity index (χ1v) is 4.75. The maximum atomic E-state index is 11.5. The first-order valence-electron chi connectivity index (χ1n) is 4.75. The average molecular weight is 226 g/mol. The van der Waals surface area contributed by atoms with E-state index in [1.807, 2.05) is 0 Å². The van der Waals surface area contributed by atoms with E-state index in [1.165, 1.54) is 4.57 Å². The predicted molar refractivity (Wildman–Crippen MR) is 56.0 cm³/mol. The van der Waals surface area contributed by atoms with E-state index in [-0.39, 0.29) is 18.7 Å². The van der Waals surface area contributed by atoms with Crippen LogP contribution in [-0.4, -0.2) is 15.5 Å². The summed E-state index contributed by atoms with van der Waals surface area (Å²) in [6, 6.07) is 1.77. The highest BCUT2D eigenvalue weighted by Gasteiger charge is 2.07. The van der Waals surface area contributed by atoms with Crippen molar-refractivity contribution in [2.45, 2.75) is 26.8 Å². The molecule has 1 rings (SSSR count). The van der Waals surface area contributed by atoms with Crippen LogP contribution in [0.2, 0.25) is 0 Å². The first-order chi connectivity index (χ1) is 7.54. The van der Waals surface area contributed by atoms with Crippen molar-refractivity contribution in [3.05, 3.63) is 27.9 Å². The zero-order valence-corrected chi connectivity index (χ0v) is 9.19. The Hall–Kier alpha value is -1.73. The Morgan fingerprint density at radius 2 is 2.31 bits per heavy atom. The first kappa shape index (κ1) is 12.3. The quantitative estimate of drug-likeness (QED) is 0.513. The smallest absolute Gasteiger partial charge is 0.347 e. The molecule has 0 bridgehead atoms. The van der Waals surface area contributed by atoms with Crippen molar-refractivity contribution in [2.75, 3.05) is 0 Å². The van der Waals surface area contributed by atoms with Crippen molar-refractivity contribution in [1.82, 2.24) is 15.1 Å². The average Bonchev–Trinajstić information content (AvgIpc) is 2.16. The third kappa shape index (κ3) is 3.14. The summed E-state index contributed by atoms with van der Waals surface area (Å²) in [4.78, 5) is 30.6. The Bertz CT molecular complexity index is 441. The monoisotopic (exact) mass is 226 g/mol. The summed E-state index contributed by atoms with van der Waals surface area (Å²) in [6.45, 7) is 3.74. The van der Waals surface area contributed by atoms with Crippen molar-refractivity contribution >= 4 is 5.97 Å². The lowest BCUT2D eigenvalue weighted by atomic mass is 10.3. The fraction of sp³-hybridized carbons (Fsp3) is 0.444. The third-order valence-electron chi connectivity index (χ3n) is 2.06. The molecule has 0 radical (unpaired) electrons. The molecule has 7 heteroatoms. The molecule has 0 atom stereocenters. The Morgan fingerprint density at radius 1 is 1.62 bits per heavy atom. The van der Waals surface area contributed by atoms with Gasteiger partial charge in [0.05, 0.1) is 6.42 Å². The molecule has 3 N–H and O–H groups in total. The number of aromatic nitrogens is 2. The predicted octanol–water partition coefficient (Wildman–Crippen LogP) is -0.828. The lowest BCUT2D eigenvalue weighted by Crippen LogP contribution is -2.29. The van der Waals surface area contributed by atoms with E-state index in [0.717, 1.165) is 5.69 Å². The molecule has 0 saturated carbocycles. The fourth-order valence-corrected chi connectivity index (χ4v) is 1.37. The zero-order chi connectivity index (χ0) is 12.1. The minimum atomic E-state index is -0.533. The van der Waals surface area contributed by atoms with Crippen LogP contribution in [0.3, 0.4) is 0 Å². The van der Waals surface area contributed by atoms with E-state index in [0.29, 0.717) is 5.69 Å². The van der Waals surface area contributed by atoms with Crippen LogP contribution in [0, 0.1) is 13.8 Å². The van der Waals surface area contributed by atoms with Crippen LogP contribution in [0.25, 0.3) is 0 Å². The molecular weight excluding hydrogens is 212 g/mol. The normalized spacial score (nSPS) is 10.2. The molecule has 0 unspecified atom stereocenters. The van der Waals surface area contributed by atoms with E-state index in [4.69, 9.17) is 5.84 Å². The van der Waals surface area contributed by atoms with E-state index in [2.05, 4.69) is 9.82 Å². The Labute approximate surface area is 92.2 Å². The fourth-order valence-electron chi connectivity index (χ4n) is 1.37. The number of carbonyl (C=O) groups excluding carboxylic acids is 1. The van der Waals surface area contributed by atoms with Gasteiger partial charge in [0.1, 0.15) is 0 Å². The van der Waals surface area contributed by atoms with Gasteiger partial charge in [-0.1, -0.05) is 5.59 Å². The minimum absolute atomic E-state index is 0.0513. The molecule has 0 saturated heterocycles. The molecule has 0 spiro atoms. The van der Waals surface area contributed by atoms with Crippen molar-refractivity contribution < 1.29 is 9.63 Å². The number of carbonyl (C=O) groups is 1. The van der Waals surface area contributed by atoms with Gasteiger partial charge in [-0.2, -0.15) is 4.98 Å². The Balaban J connectivity index is 2.75. The summed E-state index contributed by atoms with van der Waals surface area (Å²) in [5.74, 6) is 4.27. The molecule has 88 valence electrons. The van der Waals surface area contributed by atoms with Gasteiger partial charge in [0.25, 0.3) is 0 Å². The van der Waals surface area contributed by atoms with Gasteiger partial charge < -0.3 is 4.84 Å². The summed E-state index contributed by atoms with van der Waals surface area (Å²) in [5.41, 5.74) is 2.83. The number of nitrogens with one attached hydrogen (secondary N) is 1. The lowest BCUT2D eigenvalue weighted by molar-refractivity contribution is -0.151. The molecule has 0 aliphatic rings. The van der Waals surface area contributed by atoms with E-state index in [9.17, 15) is 9.59 Å². The van der Waals surface area contributed by atoms with Gasteiger partial charge in [-0.05, 0) is 19.9 Å². The number of hydrazine groups is 1. The van der Waals surface area contributed by atoms with Gasteiger partial charge in [-0.15, -0.1) is 0 Å². The van der Waals surface area contributed by atoms with E-state index in [1.54, 1.807) is 25.5 Å². The topological polar surface area (TPSA) is 99.2 Å². The molecule has 1 heterocycles. The molecule has 1 aromatic heterocycles. The van der Waals surface area contributed by atoms with Crippen LogP contribution in [0.15, 0.2) is 10.9 Å². The van der Waals surface area contributed by atoms with Crippen LogP contribution in [0.1, 0.15) is 17.8 Å². The Kier molecular flexibility index (Phi) is 4.15. The van der Waals surface area contributed by atoms with Crippen LogP contribution < -0.4 is 17.1 Å². The second kappa shape index (κ2) is 5.38. The molecular formula is C9H14N4O3. The number of nitrogens with zero attached hydrogens (tertiary/aromatic N) is 2. The highest BCUT2D eigenvalue weighted by Crippen LogP contribution is 1.98. The van der Waals surface area contributed by atoms with Crippen molar-refractivity contribution in [2.24, 2.45) is 5.84 Å². The summed E-state index contributed by atoms with van der Waals surface area (Å²) >= 11 is 0. The lowest BCUT2D eigenvalue weighted by Gasteiger charge is -2.08. The number of nitrogens with two attached hydrogens (primary N) is 1. The van der Waals surface area contributed by atoms with Crippen molar-refractivity contribution in [1.29, 1.82) is 0 Å². The van der Waals surface area contributed by atoms with E-state index < -0.39 is 5.97 Å². The van der Waals surface area contributed by atoms with Gasteiger partial charge in [0.2, 0.25) is 0 Å². The van der Waals surface area contributed by atoms with Crippen LogP contribution in [0.4, 0.5) is 0 Å². The van der Waals surface area contributed by atoms with Crippen molar-refractivity contribution in [3.8, 4) is 0 Å². The molecule has 7 nitrogen and oxygen atoms in total. The molecule has 0 amide bonds. The molecule has 0 aromatic carbocycles. The Morgan fingerprint density at radius 3 is 2.88 bits per heavy atom. The van der Waals surface area contributed by atoms with Gasteiger partial charge in [-0.3, -0.25) is 9.36 Å². The second-order valence-electron chi connectivity index (χ2n) is 3.32. The van der Waals surface area contributed by atoms with Gasteiger partial charge in [0.15, 0.2) is 0 Å². The summed E-state index contributed by atoms with van der Waals surface area (Å²) < 4.78 is 1.41. The van der Waals surface area contributed by atoms with Gasteiger partial charge in [0, 0.05) is 17.9 Å². The number of hydrogen-bond donors (Lipinski definition) is 2. The molecule has 0 aliphatic heterocycles. The van der Waals surface area contributed by atoms with Crippen LogP contribution >= 0.6 is 0 Å². The van der Waals surface area contributed by atoms with E-state index >= 15 is 0 Å². The number of aryl methyl sites for hydroxylation is 2. The molecule has 0 fully saturated rings. The molecule has 0 aliphatic carbocycles. The third-order valence-corrected chi connectivity index (χ3v) is 2.06. The summed E-state index contributed by atoms with van der Waals surface area (Å²) in [6.07, 6.45) is 0.0513. The van der Waals surface area contributed by atoms with Crippen LogP contribution in [-0.2, 0) is 16.2 Å². The van der Waals surface area contributed by atoms with Crippen molar-refractivity contribution in [3.63, 3.8) is 0 Å². The standard InChI is InChI=1S/C9H14N4O3/c1-6-5-7(2)13(9(15)11-6)4-3-8(14)16-12-10/h5,12H,3-4,10H2,1-2H3. The largest absolute Gasteiger partial charge is 0.356 e.